The molecule has 21 heavy (non-hydrogen) atoms. The first-order chi connectivity index (χ1) is 10.1. The van der Waals surface area contributed by atoms with Gasteiger partial charge in [-0.2, -0.15) is 0 Å². The lowest BCUT2D eigenvalue weighted by atomic mass is 10.2. The molecule has 1 fully saturated rings. The van der Waals surface area contributed by atoms with E-state index >= 15 is 0 Å². The van der Waals surface area contributed by atoms with Crippen molar-refractivity contribution in [3.63, 3.8) is 0 Å². The number of ether oxygens (including phenoxy) is 4. The van der Waals surface area contributed by atoms with Crippen molar-refractivity contribution in [2.24, 2.45) is 0 Å². The Labute approximate surface area is 126 Å². The molecule has 1 aliphatic rings. The third-order valence-electron chi connectivity index (χ3n) is 3.70. The van der Waals surface area contributed by atoms with E-state index in [1.54, 1.807) is 14.2 Å². The van der Waals surface area contributed by atoms with Gasteiger partial charge in [-0.3, -0.25) is 0 Å². The second kappa shape index (κ2) is 7.52. The Morgan fingerprint density at radius 1 is 1.10 bits per heavy atom. The van der Waals surface area contributed by atoms with Gasteiger partial charge in [0.1, 0.15) is 38.4 Å². The Morgan fingerprint density at radius 2 is 1.67 bits per heavy atom. The summed E-state index contributed by atoms with van der Waals surface area (Å²) >= 11 is 0. The van der Waals surface area contributed by atoms with Crippen LogP contribution in [0.15, 0.2) is 18.2 Å². The van der Waals surface area contributed by atoms with Gasteiger partial charge in [-0.25, -0.2) is 0 Å². The summed E-state index contributed by atoms with van der Waals surface area (Å²) in [6.07, 6.45) is 0.620. The second-order valence-electron chi connectivity index (χ2n) is 5.51. The average molecular weight is 296 g/mol. The molecule has 0 aliphatic carbocycles. The van der Waals surface area contributed by atoms with Crippen LogP contribution in [0.5, 0.6) is 17.2 Å². The number of para-hydroxylation sites is 1. The fraction of sp³-hybridized carbons (Fsp3) is 0.625. The fourth-order valence-corrected chi connectivity index (χ4v) is 2.85. The topological polar surface area (TPSA) is 41.4 Å². The number of quaternary nitrogens is 1. The minimum absolute atomic E-state index is 0.310. The summed E-state index contributed by atoms with van der Waals surface area (Å²) in [5.41, 5.74) is 0. The number of methoxy groups -OCH3 is 2. The maximum atomic E-state index is 5.91. The van der Waals surface area contributed by atoms with Crippen molar-refractivity contribution in [3.05, 3.63) is 18.2 Å². The first-order valence-electron chi connectivity index (χ1n) is 7.46. The van der Waals surface area contributed by atoms with E-state index in [-0.39, 0.29) is 0 Å². The highest BCUT2D eigenvalue weighted by molar-refractivity contribution is 5.51. The summed E-state index contributed by atoms with van der Waals surface area (Å²) in [5, 5.41) is 0. The predicted molar refractivity (Wildman–Crippen MR) is 80.6 cm³/mol. The highest BCUT2D eigenvalue weighted by Crippen LogP contribution is 2.36. The third kappa shape index (κ3) is 4.25. The molecule has 0 saturated carbocycles. The molecule has 118 valence electrons. The molecule has 0 aromatic heterocycles. The largest absolute Gasteiger partial charge is 0.493 e. The van der Waals surface area contributed by atoms with E-state index in [4.69, 9.17) is 18.9 Å². The molecule has 0 spiro atoms. The van der Waals surface area contributed by atoms with E-state index < -0.39 is 0 Å². The van der Waals surface area contributed by atoms with Gasteiger partial charge < -0.3 is 23.8 Å². The molecule has 0 amide bonds. The Balaban J connectivity index is 1.91. The van der Waals surface area contributed by atoms with Crippen molar-refractivity contribution in [1.82, 2.24) is 0 Å². The lowest BCUT2D eigenvalue weighted by Crippen LogP contribution is -3.16. The van der Waals surface area contributed by atoms with Crippen LogP contribution in [0.2, 0.25) is 0 Å². The molecular weight excluding hydrogens is 270 g/mol. The van der Waals surface area contributed by atoms with Crippen LogP contribution in [0.4, 0.5) is 0 Å². The molecule has 0 unspecified atom stereocenters. The number of morpholine rings is 1. The van der Waals surface area contributed by atoms with Gasteiger partial charge in [0.05, 0.1) is 14.2 Å². The zero-order valence-electron chi connectivity index (χ0n) is 13.3. The lowest BCUT2D eigenvalue weighted by molar-refractivity contribution is -0.915. The summed E-state index contributed by atoms with van der Waals surface area (Å²) in [4.78, 5) is 1.51. The molecule has 1 heterocycles. The summed E-state index contributed by atoms with van der Waals surface area (Å²) < 4.78 is 22.3. The Morgan fingerprint density at radius 3 is 2.19 bits per heavy atom. The van der Waals surface area contributed by atoms with Gasteiger partial charge in [-0.15, -0.1) is 0 Å². The first-order valence-corrected chi connectivity index (χ1v) is 7.46. The van der Waals surface area contributed by atoms with Crippen molar-refractivity contribution < 1.29 is 23.8 Å². The number of hydrogen-bond donors (Lipinski definition) is 1. The molecular formula is C16H26NO4+. The molecule has 5 heteroatoms. The average Bonchev–Trinajstić information content (AvgIpc) is 2.46. The summed E-state index contributed by atoms with van der Waals surface area (Å²) in [5.74, 6) is 2.08. The van der Waals surface area contributed by atoms with Crippen molar-refractivity contribution in [3.8, 4) is 17.2 Å². The van der Waals surface area contributed by atoms with Gasteiger partial charge >= 0.3 is 0 Å². The van der Waals surface area contributed by atoms with Crippen LogP contribution >= 0.6 is 0 Å². The van der Waals surface area contributed by atoms with E-state index in [9.17, 15) is 0 Å². The van der Waals surface area contributed by atoms with Gasteiger partial charge in [0.15, 0.2) is 11.5 Å². The number of hydrogen-bond acceptors (Lipinski definition) is 4. The maximum absolute atomic E-state index is 5.91. The van der Waals surface area contributed by atoms with Crippen LogP contribution in [-0.4, -0.2) is 52.7 Å². The molecule has 1 aromatic rings. The quantitative estimate of drug-likeness (QED) is 0.842. The van der Waals surface area contributed by atoms with Crippen molar-refractivity contribution >= 4 is 0 Å². The van der Waals surface area contributed by atoms with Gasteiger partial charge in [-0.1, -0.05) is 6.07 Å². The van der Waals surface area contributed by atoms with E-state index in [0.29, 0.717) is 36.1 Å². The van der Waals surface area contributed by atoms with Gasteiger partial charge in [0.25, 0.3) is 0 Å². The summed E-state index contributed by atoms with van der Waals surface area (Å²) in [6.45, 7) is 7.87. The van der Waals surface area contributed by atoms with Gasteiger partial charge in [0, 0.05) is 0 Å². The van der Waals surface area contributed by atoms with Crippen LogP contribution in [0.1, 0.15) is 13.8 Å². The van der Waals surface area contributed by atoms with E-state index in [1.807, 2.05) is 18.2 Å². The molecule has 1 aromatic carbocycles. The molecule has 1 N–H and O–H groups in total. The zero-order chi connectivity index (χ0) is 15.2. The minimum atomic E-state index is 0.310. The highest BCUT2D eigenvalue weighted by Gasteiger charge is 2.25. The second-order valence-corrected chi connectivity index (χ2v) is 5.51. The normalized spacial score (nSPS) is 25.4. The van der Waals surface area contributed by atoms with Crippen LogP contribution in [0.3, 0.4) is 0 Å². The van der Waals surface area contributed by atoms with Crippen LogP contribution in [0.25, 0.3) is 0 Å². The smallest absolute Gasteiger partial charge is 0.203 e. The molecule has 5 nitrogen and oxygen atoms in total. The molecule has 0 radical (unpaired) electrons. The third-order valence-corrected chi connectivity index (χ3v) is 3.70. The van der Waals surface area contributed by atoms with E-state index in [2.05, 4.69) is 13.8 Å². The van der Waals surface area contributed by atoms with Crippen molar-refractivity contribution in [2.75, 3.05) is 40.5 Å². The molecule has 2 atom stereocenters. The van der Waals surface area contributed by atoms with Crippen LogP contribution in [-0.2, 0) is 4.74 Å². The molecule has 1 saturated heterocycles. The van der Waals surface area contributed by atoms with E-state index in [0.717, 1.165) is 19.6 Å². The molecule has 1 aliphatic heterocycles. The number of benzene rings is 1. The van der Waals surface area contributed by atoms with Crippen LogP contribution in [0, 0.1) is 0 Å². The Hall–Kier alpha value is -1.46. The monoisotopic (exact) mass is 296 g/mol. The Bertz CT molecular complexity index is 420. The first kappa shape index (κ1) is 15.9. The maximum Gasteiger partial charge on any atom is 0.203 e. The fourth-order valence-electron chi connectivity index (χ4n) is 2.85. The SMILES string of the molecule is COc1cccc(OC)c1OCC[NH+]1C[C@H](C)O[C@@H](C)C1. The van der Waals surface area contributed by atoms with Gasteiger partial charge in [0.2, 0.25) is 5.75 Å². The van der Waals surface area contributed by atoms with Crippen molar-refractivity contribution in [1.29, 1.82) is 0 Å². The van der Waals surface area contributed by atoms with Crippen molar-refractivity contribution in [2.45, 2.75) is 26.1 Å². The lowest BCUT2D eigenvalue weighted by Gasteiger charge is -2.32. The number of rotatable bonds is 6. The van der Waals surface area contributed by atoms with Crippen LogP contribution < -0.4 is 19.1 Å². The summed E-state index contributed by atoms with van der Waals surface area (Å²) in [7, 11) is 3.27. The standard InChI is InChI=1S/C16H25NO4/c1-12-10-17(11-13(2)21-12)8-9-20-16-14(18-3)6-5-7-15(16)19-4/h5-7,12-13H,8-11H2,1-4H3/p+1/t12-,13-/m0/s1. The molecule has 2 rings (SSSR count). The zero-order valence-corrected chi connectivity index (χ0v) is 13.3. The summed E-state index contributed by atoms with van der Waals surface area (Å²) in [6, 6.07) is 5.65. The predicted octanol–water partition coefficient (Wildman–Crippen LogP) is 0.775. The minimum Gasteiger partial charge on any atom is -0.493 e. The number of nitrogens with one attached hydrogen (secondary N) is 1. The molecule has 0 bridgehead atoms. The van der Waals surface area contributed by atoms with Gasteiger partial charge in [-0.05, 0) is 26.0 Å². The van der Waals surface area contributed by atoms with E-state index in [1.165, 1.54) is 4.90 Å². The highest BCUT2D eigenvalue weighted by atomic mass is 16.5. The Kier molecular flexibility index (Phi) is 5.70.